The Morgan fingerprint density at radius 3 is 2.80 bits per heavy atom. The van der Waals surface area contributed by atoms with E-state index in [1.165, 1.54) is 18.6 Å². The zero-order valence-corrected chi connectivity index (χ0v) is 15.5. The highest BCUT2D eigenvalue weighted by atomic mass is 16.6. The minimum Gasteiger partial charge on any atom is -0.491 e. The quantitative estimate of drug-likeness (QED) is 0.628. The normalized spacial score (nSPS) is 20.7. The fraction of sp³-hybridized carbons (Fsp3) is 0.684. The van der Waals surface area contributed by atoms with E-state index in [0.29, 0.717) is 17.7 Å². The Balaban J connectivity index is 1.79. The van der Waals surface area contributed by atoms with Gasteiger partial charge in [0, 0.05) is 12.6 Å². The number of ether oxygens (including phenoxy) is 1. The Bertz CT molecular complexity index is 571. The smallest absolute Gasteiger partial charge is 0.273 e. The SMILES string of the molecule is CC(C)(C)C1CCCN(CC(O)COc2cccc([N+](=O)[O-])c2)CC1. The van der Waals surface area contributed by atoms with Crippen molar-refractivity contribution in [2.45, 2.75) is 46.1 Å². The lowest BCUT2D eigenvalue weighted by Crippen LogP contribution is -2.36. The number of rotatable bonds is 6. The van der Waals surface area contributed by atoms with E-state index in [1.54, 1.807) is 12.1 Å². The van der Waals surface area contributed by atoms with Crippen LogP contribution in [0.3, 0.4) is 0 Å². The van der Waals surface area contributed by atoms with Crippen LogP contribution in [0.2, 0.25) is 0 Å². The lowest BCUT2D eigenvalue weighted by Gasteiger charge is -2.30. The van der Waals surface area contributed by atoms with Crippen LogP contribution in [0.4, 0.5) is 5.69 Å². The fourth-order valence-corrected chi connectivity index (χ4v) is 3.43. The summed E-state index contributed by atoms with van der Waals surface area (Å²) in [6.07, 6.45) is 2.94. The molecule has 6 nitrogen and oxygen atoms in total. The maximum atomic E-state index is 10.8. The van der Waals surface area contributed by atoms with Gasteiger partial charge in [-0.25, -0.2) is 0 Å². The lowest BCUT2D eigenvalue weighted by atomic mass is 9.77. The molecule has 1 aromatic rings. The van der Waals surface area contributed by atoms with E-state index in [2.05, 4.69) is 25.7 Å². The molecule has 0 spiro atoms. The third-order valence-corrected chi connectivity index (χ3v) is 4.99. The lowest BCUT2D eigenvalue weighted by molar-refractivity contribution is -0.384. The van der Waals surface area contributed by atoms with E-state index in [9.17, 15) is 15.2 Å². The molecule has 6 heteroatoms. The minimum absolute atomic E-state index is 0.00673. The molecule has 140 valence electrons. The van der Waals surface area contributed by atoms with Gasteiger partial charge >= 0.3 is 0 Å². The van der Waals surface area contributed by atoms with Crippen LogP contribution >= 0.6 is 0 Å². The van der Waals surface area contributed by atoms with Crippen molar-refractivity contribution in [2.75, 3.05) is 26.2 Å². The van der Waals surface area contributed by atoms with E-state index in [1.807, 2.05) is 0 Å². The summed E-state index contributed by atoms with van der Waals surface area (Å²) in [7, 11) is 0. The molecule has 1 heterocycles. The Hall–Kier alpha value is -1.66. The number of non-ortho nitro benzene ring substituents is 1. The van der Waals surface area contributed by atoms with E-state index < -0.39 is 11.0 Å². The largest absolute Gasteiger partial charge is 0.491 e. The summed E-state index contributed by atoms with van der Waals surface area (Å²) in [5, 5.41) is 21.0. The minimum atomic E-state index is -0.606. The standard InChI is InChI=1S/C19H30N2O4/c1-19(2,3)15-6-5-10-20(11-9-15)13-17(22)14-25-18-8-4-7-16(12-18)21(23)24/h4,7-8,12,15,17,22H,5-6,9-11,13-14H2,1-3H3. The molecule has 1 fully saturated rings. The van der Waals surface area contributed by atoms with Gasteiger partial charge in [-0.3, -0.25) is 10.1 Å². The van der Waals surface area contributed by atoms with Crippen LogP contribution in [0.15, 0.2) is 24.3 Å². The van der Waals surface area contributed by atoms with Crippen LogP contribution in [0.1, 0.15) is 40.0 Å². The number of aliphatic hydroxyl groups excluding tert-OH is 1. The second-order valence-electron chi connectivity index (χ2n) is 8.01. The molecule has 1 aliphatic rings. The number of nitro groups is 1. The summed E-state index contributed by atoms with van der Waals surface area (Å²) in [6, 6.07) is 6.06. The van der Waals surface area contributed by atoms with Crippen LogP contribution < -0.4 is 4.74 Å². The van der Waals surface area contributed by atoms with Crippen LogP contribution in [0, 0.1) is 21.4 Å². The number of likely N-dealkylation sites (tertiary alicyclic amines) is 1. The molecule has 0 aromatic heterocycles. The molecular formula is C19H30N2O4. The number of aliphatic hydroxyl groups is 1. The van der Waals surface area contributed by atoms with Gasteiger partial charge in [0.25, 0.3) is 5.69 Å². The summed E-state index contributed by atoms with van der Waals surface area (Å²) < 4.78 is 5.53. The predicted octanol–water partition coefficient (Wildman–Crippen LogP) is 3.48. The molecular weight excluding hydrogens is 320 g/mol. The fourth-order valence-electron chi connectivity index (χ4n) is 3.43. The monoisotopic (exact) mass is 350 g/mol. The zero-order valence-electron chi connectivity index (χ0n) is 15.5. The summed E-state index contributed by atoms with van der Waals surface area (Å²) in [6.45, 7) is 9.61. The van der Waals surface area contributed by atoms with Crippen molar-refractivity contribution in [2.24, 2.45) is 11.3 Å². The third kappa shape index (κ3) is 6.29. The van der Waals surface area contributed by atoms with Gasteiger partial charge in [0.15, 0.2) is 0 Å². The molecule has 0 bridgehead atoms. The van der Waals surface area contributed by atoms with Gasteiger partial charge in [-0.2, -0.15) is 0 Å². The van der Waals surface area contributed by atoms with Crippen LogP contribution in [0.5, 0.6) is 5.75 Å². The zero-order chi connectivity index (χ0) is 18.4. The molecule has 2 rings (SSSR count). The first kappa shape index (κ1) is 19.7. The number of nitro benzene ring substituents is 1. The molecule has 1 saturated heterocycles. The van der Waals surface area contributed by atoms with Gasteiger partial charge in [0.05, 0.1) is 11.0 Å². The number of hydrogen-bond donors (Lipinski definition) is 1. The molecule has 0 saturated carbocycles. The Morgan fingerprint density at radius 1 is 1.36 bits per heavy atom. The Morgan fingerprint density at radius 2 is 2.12 bits per heavy atom. The van der Waals surface area contributed by atoms with Crippen LogP contribution in [-0.4, -0.2) is 47.3 Å². The number of nitrogens with zero attached hydrogens (tertiary/aromatic N) is 2. The van der Waals surface area contributed by atoms with E-state index in [4.69, 9.17) is 4.74 Å². The van der Waals surface area contributed by atoms with E-state index in [-0.39, 0.29) is 12.3 Å². The third-order valence-electron chi connectivity index (χ3n) is 4.99. The highest BCUT2D eigenvalue weighted by Gasteiger charge is 2.27. The number of hydrogen-bond acceptors (Lipinski definition) is 5. The average molecular weight is 350 g/mol. The Kier molecular flexibility index (Phi) is 6.79. The Labute approximate surface area is 149 Å². The van der Waals surface area contributed by atoms with Gasteiger partial charge in [-0.05, 0) is 49.8 Å². The number of benzene rings is 1. The van der Waals surface area contributed by atoms with Gasteiger partial charge in [0.2, 0.25) is 0 Å². The topological polar surface area (TPSA) is 75.8 Å². The second kappa shape index (κ2) is 8.63. The first-order chi connectivity index (χ1) is 11.8. The highest BCUT2D eigenvalue weighted by molar-refractivity contribution is 5.37. The van der Waals surface area contributed by atoms with Gasteiger partial charge in [-0.15, -0.1) is 0 Å². The maximum Gasteiger partial charge on any atom is 0.273 e. The molecule has 0 amide bonds. The van der Waals surface area contributed by atoms with Gasteiger partial charge < -0.3 is 14.7 Å². The number of β-amino-alcohol motifs (C(OH)–C–C–N with tert-alkyl or cyclic N) is 1. The average Bonchev–Trinajstić information content (AvgIpc) is 2.78. The molecule has 25 heavy (non-hydrogen) atoms. The molecule has 1 aliphatic heterocycles. The second-order valence-corrected chi connectivity index (χ2v) is 8.01. The van der Waals surface area contributed by atoms with Crippen LogP contribution in [0.25, 0.3) is 0 Å². The molecule has 0 aliphatic carbocycles. The molecule has 2 unspecified atom stereocenters. The van der Waals surface area contributed by atoms with Crippen molar-refractivity contribution in [1.82, 2.24) is 4.90 Å². The molecule has 1 aromatic carbocycles. The van der Waals surface area contributed by atoms with E-state index in [0.717, 1.165) is 31.8 Å². The van der Waals surface area contributed by atoms with Crippen molar-refractivity contribution in [3.05, 3.63) is 34.4 Å². The van der Waals surface area contributed by atoms with Crippen molar-refractivity contribution in [3.8, 4) is 5.75 Å². The summed E-state index contributed by atoms with van der Waals surface area (Å²) in [5.41, 5.74) is 0.326. The molecule has 0 radical (unpaired) electrons. The summed E-state index contributed by atoms with van der Waals surface area (Å²) in [4.78, 5) is 12.6. The van der Waals surface area contributed by atoms with Crippen molar-refractivity contribution in [1.29, 1.82) is 0 Å². The first-order valence-electron chi connectivity index (χ1n) is 9.03. The predicted molar refractivity (Wildman–Crippen MR) is 97.8 cm³/mol. The first-order valence-corrected chi connectivity index (χ1v) is 9.03. The van der Waals surface area contributed by atoms with Gasteiger partial charge in [-0.1, -0.05) is 26.8 Å². The van der Waals surface area contributed by atoms with Gasteiger partial charge in [0.1, 0.15) is 18.5 Å². The van der Waals surface area contributed by atoms with Crippen molar-refractivity contribution >= 4 is 5.69 Å². The maximum absolute atomic E-state index is 10.8. The van der Waals surface area contributed by atoms with Crippen molar-refractivity contribution < 1.29 is 14.8 Å². The van der Waals surface area contributed by atoms with Crippen LogP contribution in [-0.2, 0) is 0 Å². The summed E-state index contributed by atoms with van der Waals surface area (Å²) >= 11 is 0. The molecule has 1 N–H and O–H groups in total. The highest BCUT2D eigenvalue weighted by Crippen LogP contribution is 2.34. The summed E-state index contributed by atoms with van der Waals surface area (Å²) in [5.74, 6) is 1.13. The molecule has 2 atom stereocenters. The van der Waals surface area contributed by atoms with Crippen molar-refractivity contribution in [3.63, 3.8) is 0 Å². The van der Waals surface area contributed by atoms with E-state index >= 15 is 0 Å².